The lowest BCUT2D eigenvalue weighted by Crippen LogP contribution is -2.32. The molecule has 0 radical (unpaired) electrons. The van der Waals surface area contributed by atoms with Gasteiger partial charge in [-0.3, -0.25) is 19.8 Å². The number of nitrogens with zero attached hydrogens (tertiary/aromatic N) is 3. The molecule has 0 spiro atoms. The minimum atomic E-state index is -0.190. The molecule has 2 heterocycles. The fraction of sp³-hybridized carbons (Fsp3) is 0.222. The van der Waals surface area contributed by atoms with Gasteiger partial charge in [0.1, 0.15) is 5.82 Å². The average molecular weight is 458 g/mol. The maximum Gasteiger partial charge on any atom is 0.255 e. The van der Waals surface area contributed by atoms with Crippen LogP contribution in [0, 0.1) is 5.82 Å². The van der Waals surface area contributed by atoms with E-state index in [1.807, 2.05) is 31.2 Å². The Kier molecular flexibility index (Phi) is 7.44. The van der Waals surface area contributed by atoms with E-state index in [0.29, 0.717) is 35.5 Å². The quantitative estimate of drug-likeness (QED) is 0.377. The minimum absolute atomic E-state index is 0.183. The smallest absolute Gasteiger partial charge is 0.255 e. The van der Waals surface area contributed by atoms with E-state index in [2.05, 4.69) is 32.0 Å². The number of piperidine rings is 1. The molecule has 34 heavy (non-hydrogen) atoms. The molecule has 0 aliphatic carbocycles. The number of H-pyrrole nitrogens is 1. The Morgan fingerprint density at radius 1 is 1.32 bits per heavy atom. The molecule has 1 aromatic heterocycles. The second-order valence-corrected chi connectivity index (χ2v) is 8.26. The number of carbonyl (C=O) groups is 1. The van der Waals surface area contributed by atoms with E-state index in [0.717, 1.165) is 35.9 Å². The van der Waals surface area contributed by atoms with Gasteiger partial charge in [0.2, 0.25) is 0 Å². The van der Waals surface area contributed by atoms with Crippen molar-refractivity contribution in [1.82, 2.24) is 20.4 Å². The molecular weight excluding hydrogens is 429 g/mol. The molecule has 2 N–H and O–H groups in total. The zero-order valence-electron chi connectivity index (χ0n) is 19.2. The fourth-order valence-corrected chi connectivity index (χ4v) is 4.04. The fourth-order valence-electron chi connectivity index (χ4n) is 4.04. The standard InChI is InChI=1S/C27H28FN5O/c1-3-29-13-12-19(2)26-23-15-21(10-11-25(23)31-32-26)27(34)30-16-20-7-6-14-33(17-20)18-22-8-4-5-9-24(22)28/h3-5,8-13,15-16H,2,6-7,14,17-18H2,1H3,(H,30,34)(H,31,32)/b13-12-,20-16-,29-3?. The van der Waals surface area contributed by atoms with Crippen molar-refractivity contribution in [1.29, 1.82) is 0 Å². The van der Waals surface area contributed by atoms with E-state index in [9.17, 15) is 9.18 Å². The molecule has 174 valence electrons. The summed E-state index contributed by atoms with van der Waals surface area (Å²) in [5, 5.41) is 11.1. The third-order valence-corrected chi connectivity index (χ3v) is 5.80. The van der Waals surface area contributed by atoms with Crippen molar-refractivity contribution in [2.24, 2.45) is 4.99 Å². The van der Waals surface area contributed by atoms with E-state index in [-0.39, 0.29) is 11.7 Å². The van der Waals surface area contributed by atoms with Crippen molar-refractivity contribution in [3.63, 3.8) is 0 Å². The van der Waals surface area contributed by atoms with Crippen LogP contribution >= 0.6 is 0 Å². The number of hydrogen-bond donors (Lipinski definition) is 2. The topological polar surface area (TPSA) is 73.4 Å². The summed E-state index contributed by atoms with van der Waals surface area (Å²) >= 11 is 0. The van der Waals surface area contributed by atoms with Crippen LogP contribution in [0.25, 0.3) is 16.5 Å². The number of benzene rings is 2. The van der Waals surface area contributed by atoms with Crippen LogP contribution in [0.15, 0.2) is 78.1 Å². The summed E-state index contributed by atoms with van der Waals surface area (Å²) in [7, 11) is 0. The zero-order valence-corrected chi connectivity index (χ0v) is 19.2. The first-order chi connectivity index (χ1) is 16.5. The molecule has 4 rings (SSSR count). The van der Waals surface area contributed by atoms with Gasteiger partial charge in [0.25, 0.3) is 5.91 Å². The Labute approximate surface area is 198 Å². The van der Waals surface area contributed by atoms with Crippen molar-refractivity contribution in [3.8, 4) is 0 Å². The first kappa shape index (κ1) is 23.3. The van der Waals surface area contributed by atoms with Gasteiger partial charge in [-0.2, -0.15) is 5.10 Å². The van der Waals surface area contributed by atoms with Gasteiger partial charge in [-0.25, -0.2) is 4.39 Å². The van der Waals surface area contributed by atoms with E-state index in [1.165, 1.54) is 6.07 Å². The number of amides is 1. The SMILES string of the molecule is C=C(/C=C\N=CC)c1n[nH]c2ccc(C(=O)N/C=C3/CCCN(Cc4ccccc4F)C3)cc12. The number of likely N-dealkylation sites (tertiary alicyclic amines) is 1. The number of aliphatic imine (C=N–C) groups is 1. The number of halogens is 1. The highest BCUT2D eigenvalue weighted by molar-refractivity contribution is 6.01. The lowest BCUT2D eigenvalue weighted by atomic mass is 10.0. The Balaban J connectivity index is 1.43. The highest BCUT2D eigenvalue weighted by Gasteiger charge is 2.17. The summed E-state index contributed by atoms with van der Waals surface area (Å²) < 4.78 is 14.0. The molecule has 1 aliphatic rings. The molecule has 0 unspecified atom stereocenters. The molecule has 7 heteroatoms. The normalized spacial score (nSPS) is 16.1. The molecule has 1 aliphatic heterocycles. The van der Waals surface area contributed by atoms with Crippen LogP contribution in [0.1, 0.15) is 41.4 Å². The lowest BCUT2D eigenvalue weighted by Gasteiger charge is -2.28. The highest BCUT2D eigenvalue weighted by Crippen LogP contribution is 2.24. The van der Waals surface area contributed by atoms with E-state index >= 15 is 0 Å². The van der Waals surface area contributed by atoms with Crippen molar-refractivity contribution in [2.75, 3.05) is 13.1 Å². The number of allylic oxidation sites excluding steroid dienone is 2. The molecule has 0 atom stereocenters. The first-order valence-electron chi connectivity index (χ1n) is 11.3. The number of aromatic amines is 1. The minimum Gasteiger partial charge on any atom is -0.329 e. The summed E-state index contributed by atoms with van der Waals surface area (Å²) in [6, 6.07) is 12.3. The number of hydrogen-bond acceptors (Lipinski definition) is 4. The van der Waals surface area contributed by atoms with Crippen LogP contribution < -0.4 is 5.32 Å². The predicted octanol–water partition coefficient (Wildman–Crippen LogP) is 5.23. The molecule has 6 nitrogen and oxygen atoms in total. The molecule has 0 saturated carbocycles. The van der Waals surface area contributed by atoms with Gasteiger partial charge in [-0.1, -0.05) is 24.8 Å². The number of carbonyl (C=O) groups excluding carboxylic acids is 1. The number of fused-ring (bicyclic) bond motifs is 1. The lowest BCUT2D eigenvalue weighted by molar-refractivity contribution is 0.0969. The monoisotopic (exact) mass is 457 g/mol. The zero-order chi connectivity index (χ0) is 23.9. The summed E-state index contributed by atoms with van der Waals surface area (Å²) in [4.78, 5) is 19.1. The molecule has 1 amide bonds. The van der Waals surface area contributed by atoms with Crippen molar-refractivity contribution < 1.29 is 9.18 Å². The maximum absolute atomic E-state index is 14.0. The van der Waals surface area contributed by atoms with Crippen LogP contribution in [0.2, 0.25) is 0 Å². The number of nitrogens with one attached hydrogen (secondary N) is 2. The van der Waals surface area contributed by atoms with Crippen LogP contribution in [0.4, 0.5) is 4.39 Å². The summed E-state index contributed by atoms with van der Waals surface area (Å²) in [6.45, 7) is 8.05. The van der Waals surface area contributed by atoms with Gasteiger partial charge < -0.3 is 5.32 Å². The second-order valence-electron chi connectivity index (χ2n) is 8.26. The largest absolute Gasteiger partial charge is 0.329 e. The molecule has 1 saturated heterocycles. The summed E-state index contributed by atoms with van der Waals surface area (Å²) in [5.74, 6) is -0.373. The maximum atomic E-state index is 14.0. The Bertz CT molecular complexity index is 1290. The van der Waals surface area contributed by atoms with Gasteiger partial charge in [0.15, 0.2) is 0 Å². The Morgan fingerprint density at radius 2 is 2.18 bits per heavy atom. The van der Waals surface area contributed by atoms with E-state index in [1.54, 1.807) is 36.8 Å². The third kappa shape index (κ3) is 5.55. The van der Waals surface area contributed by atoms with Crippen LogP contribution in [0.5, 0.6) is 0 Å². The third-order valence-electron chi connectivity index (χ3n) is 5.80. The average Bonchev–Trinajstić information content (AvgIpc) is 3.28. The number of aromatic nitrogens is 2. The van der Waals surface area contributed by atoms with Crippen LogP contribution in [-0.2, 0) is 6.54 Å². The molecule has 1 fully saturated rings. The van der Waals surface area contributed by atoms with Crippen LogP contribution in [0.3, 0.4) is 0 Å². The van der Waals surface area contributed by atoms with E-state index in [4.69, 9.17) is 0 Å². The van der Waals surface area contributed by atoms with Crippen molar-refractivity contribution in [2.45, 2.75) is 26.3 Å². The van der Waals surface area contributed by atoms with Gasteiger partial charge in [0, 0.05) is 48.2 Å². The number of rotatable bonds is 7. The Morgan fingerprint density at radius 3 is 3.00 bits per heavy atom. The second kappa shape index (κ2) is 10.9. The molecule has 3 aromatic rings. The summed E-state index contributed by atoms with van der Waals surface area (Å²) in [5.41, 5.74) is 4.56. The molecule has 0 bridgehead atoms. The van der Waals surface area contributed by atoms with Crippen LogP contribution in [-0.4, -0.2) is 40.3 Å². The van der Waals surface area contributed by atoms with Gasteiger partial charge in [-0.05, 0) is 67.8 Å². The van der Waals surface area contributed by atoms with Gasteiger partial charge in [-0.15, -0.1) is 0 Å². The van der Waals surface area contributed by atoms with E-state index < -0.39 is 0 Å². The highest BCUT2D eigenvalue weighted by atomic mass is 19.1. The van der Waals surface area contributed by atoms with Crippen molar-refractivity contribution in [3.05, 3.63) is 95.7 Å². The Hall–Kier alpha value is -3.84. The van der Waals surface area contributed by atoms with Gasteiger partial charge in [0.05, 0.1) is 11.2 Å². The summed E-state index contributed by atoms with van der Waals surface area (Å²) in [6.07, 6.45) is 8.80. The molecular formula is C27H28FN5O. The van der Waals surface area contributed by atoms with Gasteiger partial charge >= 0.3 is 0 Å². The van der Waals surface area contributed by atoms with Crippen molar-refractivity contribution >= 4 is 28.6 Å². The predicted molar refractivity (Wildman–Crippen MR) is 135 cm³/mol. The molecule has 2 aromatic carbocycles. The first-order valence-corrected chi connectivity index (χ1v) is 11.3.